The van der Waals surface area contributed by atoms with Crippen LogP contribution in [0.2, 0.25) is 0 Å². The van der Waals surface area contributed by atoms with Gasteiger partial charge in [-0.1, -0.05) is 18.2 Å². The number of para-hydroxylation sites is 1. The van der Waals surface area contributed by atoms with Crippen molar-refractivity contribution in [3.63, 3.8) is 0 Å². The van der Waals surface area contributed by atoms with Gasteiger partial charge in [0.15, 0.2) is 0 Å². The Balaban J connectivity index is 1.29. The number of carbonyl (C=O) groups is 1. The van der Waals surface area contributed by atoms with Crippen molar-refractivity contribution in [2.24, 2.45) is 5.92 Å². The van der Waals surface area contributed by atoms with Gasteiger partial charge in [0.25, 0.3) is 5.91 Å². The minimum absolute atomic E-state index is 0.107. The fraction of sp³-hybridized carbons (Fsp3) is 0.227. The maximum atomic E-state index is 12.9. The third-order valence-corrected chi connectivity index (χ3v) is 5.50. The molecule has 1 atom stereocenters. The van der Waals surface area contributed by atoms with Gasteiger partial charge >= 0.3 is 0 Å². The number of nitrogens with zero attached hydrogens (tertiary/aromatic N) is 4. The molecule has 1 fully saturated rings. The number of nitrogens with one attached hydrogen (secondary N) is 1. The quantitative estimate of drug-likeness (QED) is 0.597. The monoisotopic (exact) mass is 371 g/mol. The Kier molecular flexibility index (Phi) is 4.16. The van der Waals surface area contributed by atoms with Crippen LogP contribution in [-0.4, -0.2) is 43.6 Å². The zero-order valence-corrected chi connectivity index (χ0v) is 15.5. The van der Waals surface area contributed by atoms with Crippen LogP contribution < -0.4 is 0 Å². The van der Waals surface area contributed by atoms with Gasteiger partial charge in [0.05, 0.1) is 0 Å². The highest BCUT2D eigenvalue weighted by atomic mass is 16.2. The molecule has 28 heavy (non-hydrogen) atoms. The maximum absolute atomic E-state index is 12.9. The molecule has 2 aromatic heterocycles. The summed E-state index contributed by atoms with van der Waals surface area (Å²) in [6.45, 7) is 1.54. The number of carbonyl (C=O) groups excluding carboxylic acids is 1. The minimum Gasteiger partial charge on any atom is -0.361 e. The minimum atomic E-state index is 0.107. The number of H-pyrrole nitrogens is 1. The highest BCUT2D eigenvalue weighted by Gasteiger charge is 2.28. The summed E-state index contributed by atoms with van der Waals surface area (Å²) in [5.74, 6) is 1.45. The Morgan fingerprint density at radius 1 is 1.14 bits per heavy atom. The van der Waals surface area contributed by atoms with Crippen LogP contribution in [-0.2, 0) is 6.42 Å². The fourth-order valence-electron chi connectivity index (χ4n) is 4.01. The summed E-state index contributed by atoms with van der Waals surface area (Å²) in [6, 6.07) is 18.0. The predicted octanol–water partition coefficient (Wildman–Crippen LogP) is 3.45. The standard InChI is InChI=1S/C22H21N5O/c28-22(18-6-7-20-17(13-18)8-10-23-20)26-11-9-16(14-26)12-21-25-24-15-27(21)19-4-2-1-3-5-19/h1-8,10,13,15-16,23H,9,11-12,14H2. The molecular weight excluding hydrogens is 350 g/mol. The summed E-state index contributed by atoms with van der Waals surface area (Å²) in [7, 11) is 0. The van der Waals surface area contributed by atoms with Gasteiger partial charge in [-0.05, 0) is 48.7 Å². The lowest BCUT2D eigenvalue weighted by molar-refractivity contribution is 0.0787. The Labute approximate surface area is 162 Å². The molecular formula is C22H21N5O. The molecule has 6 nitrogen and oxygen atoms in total. The van der Waals surface area contributed by atoms with Crippen molar-refractivity contribution in [3.8, 4) is 5.69 Å². The van der Waals surface area contributed by atoms with Crippen LogP contribution in [0.4, 0.5) is 0 Å². The Bertz CT molecular complexity index is 1110. The summed E-state index contributed by atoms with van der Waals surface area (Å²) >= 11 is 0. The Morgan fingerprint density at radius 3 is 2.93 bits per heavy atom. The number of hydrogen-bond acceptors (Lipinski definition) is 3. The lowest BCUT2D eigenvalue weighted by Gasteiger charge is -2.17. The largest absolute Gasteiger partial charge is 0.361 e. The number of aromatic nitrogens is 4. The first-order chi connectivity index (χ1) is 13.8. The number of amides is 1. The molecule has 5 rings (SSSR count). The molecule has 3 heterocycles. The van der Waals surface area contributed by atoms with Gasteiger partial charge in [-0.25, -0.2) is 0 Å². The molecule has 0 radical (unpaired) electrons. The number of hydrogen-bond donors (Lipinski definition) is 1. The molecule has 4 aromatic rings. The van der Waals surface area contributed by atoms with E-state index in [1.807, 2.05) is 58.1 Å². The summed E-state index contributed by atoms with van der Waals surface area (Å²) in [5.41, 5.74) is 2.87. The van der Waals surface area contributed by atoms with E-state index in [9.17, 15) is 4.79 Å². The lowest BCUT2D eigenvalue weighted by Crippen LogP contribution is -2.29. The second-order valence-electron chi connectivity index (χ2n) is 7.34. The first-order valence-electron chi connectivity index (χ1n) is 9.59. The lowest BCUT2D eigenvalue weighted by atomic mass is 10.0. The highest BCUT2D eigenvalue weighted by molar-refractivity contribution is 5.98. The molecule has 0 spiro atoms. The van der Waals surface area contributed by atoms with Gasteiger partial charge in [-0.3, -0.25) is 9.36 Å². The van der Waals surface area contributed by atoms with Crippen LogP contribution in [0.25, 0.3) is 16.6 Å². The second kappa shape index (κ2) is 6.96. The Morgan fingerprint density at radius 2 is 2.04 bits per heavy atom. The van der Waals surface area contributed by atoms with Gasteiger partial charge in [0.2, 0.25) is 0 Å². The number of likely N-dealkylation sites (tertiary alicyclic amines) is 1. The maximum Gasteiger partial charge on any atom is 0.253 e. The van der Waals surface area contributed by atoms with E-state index in [0.717, 1.165) is 53.9 Å². The Hall–Kier alpha value is -3.41. The van der Waals surface area contributed by atoms with Crippen LogP contribution >= 0.6 is 0 Å². The van der Waals surface area contributed by atoms with Crippen molar-refractivity contribution < 1.29 is 4.79 Å². The summed E-state index contributed by atoms with van der Waals surface area (Å²) in [6.07, 6.45) is 5.46. The molecule has 1 aliphatic rings. The topological polar surface area (TPSA) is 66.8 Å². The molecule has 6 heteroatoms. The van der Waals surface area contributed by atoms with E-state index >= 15 is 0 Å². The van der Waals surface area contributed by atoms with Crippen LogP contribution in [0.3, 0.4) is 0 Å². The first-order valence-corrected chi connectivity index (χ1v) is 9.59. The molecule has 1 N–H and O–H groups in total. The van der Waals surface area contributed by atoms with Crippen molar-refractivity contribution in [2.75, 3.05) is 13.1 Å². The van der Waals surface area contributed by atoms with Gasteiger partial charge in [0.1, 0.15) is 12.2 Å². The zero-order chi connectivity index (χ0) is 18.9. The van der Waals surface area contributed by atoms with Crippen molar-refractivity contribution in [1.82, 2.24) is 24.6 Å². The zero-order valence-electron chi connectivity index (χ0n) is 15.5. The number of benzene rings is 2. The van der Waals surface area contributed by atoms with Crippen LogP contribution in [0.5, 0.6) is 0 Å². The molecule has 0 saturated carbocycles. The molecule has 1 unspecified atom stereocenters. The van der Waals surface area contributed by atoms with Crippen molar-refractivity contribution in [1.29, 1.82) is 0 Å². The van der Waals surface area contributed by atoms with E-state index in [1.54, 1.807) is 6.33 Å². The number of fused-ring (bicyclic) bond motifs is 1. The first kappa shape index (κ1) is 16.7. The molecule has 0 aliphatic carbocycles. The SMILES string of the molecule is O=C(c1ccc2[nH]ccc2c1)N1CCC(Cc2nncn2-c2ccccc2)C1. The van der Waals surface area contributed by atoms with Gasteiger partial charge in [-0.2, -0.15) is 0 Å². The van der Waals surface area contributed by atoms with E-state index in [-0.39, 0.29) is 5.91 Å². The number of aromatic amines is 1. The average molecular weight is 371 g/mol. The van der Waals surface area contributed by atoms with Crippen molar-refractivity contribution in [3.05, 3.63) is 78.5 Å². The van der Waals surface area contributed by atoms with Gasteiger partial charge < -0.3 is 9.88 Å². The summed E-state index contributed by atoms with van der Waals surface area (Å²) in [4.78, 5) is 18.1. The van der Waals surface area contributed by atoms with Crippen LogP contribution in [0.15, 0.2) is 67.1 Å². The molecule has 1 aliphatic heterocycles. The second-order valence-corrected chi connectivity index (χ2v) is 7.34. The van der Waals surface area contributed by atoms with Crippen LogP contribution in [0, 0.1) is 5.92 Å². The van der Waals surface area contributed by atoms with E-state index in [1.165, 1.54) is 0 Å². The van der Waals surface area contributed by atoms with Gasteiger partial charge in [-0.15, -0.1) is 10.2 Å². The van der Waals surface area contributed by atoms with Crippen LogP contribution in [0.1, 0.15) is 22.6 Å². The highest BCUT2D eigenvalue weighted by Crippen LogP contribution is 2.24. The molecule has 2 aromatic carbocycles. The third-order valence-electron chi connectivity index (χ3n) is 5.50. The van der Waals surface area contributed by atoms with E-state index in [0.29, 0.717) is 5.92 Å². The fourth-order valence-corrected chi connectivity index (χ4v) is 4.01. The molecule has 140 valence electrons. The normalized spacial score (nSPS) is 16.7. The van der Waals surface area contributed by atoms with E-state index in [4.69, 9.17) is 0 Å². The third kappa shape index (κ3) is 3.07. The summed E-state index contributed by atoms with van der Waals surface area (Å²) < 4.78 is 2.03. The van der Waals surface area contributed by atoms with E-state index in [2.05, 4.69) is 27.3 Å². The average Bonchev–Trinajstić information content (AvgIpc) is 3.48. The molecule has 1 saturated heterocycles. The molecule has 1 amide bonds. The predicted molar refractivity (Wildman–Crippen MR) is 107 cm³/mol. The molecule has 0 bridgehead atoms. The van der Waals surface area contributed by atoms with Crippen molar-refractivity contribution in [2.45, 2.75) is 12.8 Å². The van der Waals surface area contributed by atoms with Crippen molar-refractivity contribution >= 4 is 16.8 Å². The van der Waals surface area contributed by atoms with Gasteiger partial charge in [0, 0.05) is 47.9 Å². The smallest absolute Gasteiger partial charge is 0.253 e. The number of rotatable bonds is 4. The summed E-state index contributed by atoms with van der Waals surface area (Å²) in [5, 5.41) is 9.48. The van der Waals surface area contributed by atoms with E-state index < -0.39 is 0 Å².